The van der Waals surface area contributed by atoms with E-state index in [1.165, 1.54) is 12.1 Å². The summed E-state index contributed by atoms with van der Waals surface area (Å²) in [7, 11) is -3.91. The third-order valence-corrected chi connectivity index (χ3v) is 4.98. The van der Waals surface area contributed by atoms with Crippen molar-refractivity contribution in [1.29, 1.82) is 0 Å². The topological polar surface area (TPSA) is 83.5 Å². The van der Waals surface area contributed by atoms with Crippen molar-refractivity contribution < 1.29 is 18.3 Å². The molecule has 0 aromatic heterocycles. The molecule has 0 bridgehead atoms. The van der Waals surface area contributed by atoms with Crippen LogP contribution in [0.3, 0.4) is 0 Å². The predicted molar refractivity (Wildman–Crippen MR) is 83.4 cm³/mol. The molecule has 110 valence electrons. The summed E-state index contributed by atoms with van der Waals surface area (Å²) < 4.78 is 27.5. The Labute approximate surface area is 134 Å². The summed E-state index contributed by atoms with van der Waals surface area (Å²) >= 11 is 8.95. The second kappa shape index (κ2) is 6.05. The lowest BCUT2D eigenvalue weighted by atomic mass is 10.2. The molecule has 0 saturated carbocycles. The van der Waals surface area contributed by atoms with Gasteiger partial charge in [0.1, 0.15) is 0 Å². The fourth-order valence-electron chi connectivity index (χ4n) is 1.58. The zero-order valence-electron chi connectivity index (χ0n) is 10.4. The maximum atomic E-state index is 12.3. The van der Waals surface area contributed by atoms with Gasteiger partial charge in [-0.15, -0.1) is 0 Å². The average Bonchev–Trinajstić information content (AvgIpc) is 2.41. The van der Waals surface area contributed by atoms with Gasteiger partial charge in [-0.25, -0.2) is 13.2 Å². The summed E-state index contributed by atoms with van der Waals surface area (Å²) in [5, 5.41) is 8.96. The Morgan fingerprint density at radius 2 is 1.86 bits per heavy atom. The summed E-state index contributed by atoms with van der Waals surface area (Å²) in [5.74, 6) is -1.29. The van der Waals surface area contributed by atoms with Crippen LogP contribution in [0.2, 0.25) is 5.02 Å². The van der Waals surface area contributed by atoms with Crippen LogP contribution < -0.4 is 4.72 Å². The van der Waals surface area contributed by atoms with Crippen molar-refractivity contribution in [2.45, 2.75) is 4.90 Å². The summed E-state index contributed by atoms with van der Waals surface area (Å²) in [5.41, 5.74) is 0.0796. The molecule has 2 N–H and O–H groups in total. The van der Waals surface area contributed by atoms with Crippen molar-refractivity contribution in [1.82, 2.24) is 0 Å². The second-order valence-electron chi connectivity index (χ2n) is 4.03. The summed E-state index contributed by atoms with van der Waals surface area (Å²) in [6.07, 6.45) is 0. The second-order valence-corrected chi connectivity index (χ2v) is 6.98. The predicted octanol–water partition coefficient (Wildman–Crippen LogP) is 3.60. The van der Waals surface area contributed by atoms with Gasteiger partial charge in [0.25, 0.3) is 10.0 Å². The molecule has 0 amide bonds. The van der Waals surface area contributed by atoms with E-state index in [2.05, 4.69) is 20.7 Å². The molecule has 0 unspecified atom stereocenters. The molecule has 0 aliphatic rings. The minimum atomic E-state index is -3.91. The molecule has 8 heteroatoms. The first-order valence-corrected chi connectivity index (χ1v) is 8.27. The first-order valence-electron chi connectivity index (χ1n) is 5.61. The van der Waals surface area contributed by atoms with Crippen LogP contribution in [0.5, 0.6) is 0 Å². The number of nitrogens with one attached hydrogen (secondary N) is 1. The number of rotatable bonds is 4. The number of aromatic carboxylic acids is 1. The number of carbonyl (C=O) groups is 1. The fourth-order valence-corrected chi connectivity index (χ4v) is 3.40. The monoisotopic (exact) mass is 389 g/mol. The van der Waals surface area contributed by atoms with Crippen molar-refractivity contribution in [3.8, 4) is 0 Å². The van der Waals surface area contributed by atoms with Gasteiger partial charge in [0.2, 0.25) is 0 Å². The molecule has 2 aromatic carbocycles. The van der Waals surface area contributed by atoms with Gasteiger partial charge in [-0.2, -0.15) is 0 Å². The smallest absolute Gasteiger partial charge is 0.337 e. The Bertz CT molecular complexity index is 808. The molecule has 0 aliphatic heterocycles. The van der Waals surface area contributed by atoms with E-state index in [1.54, 1.807) is 24.3 Å². The Kier molecular flexibility index (Phi) is 4.55. The highest BCUT2D eigenvalue weighted by Gasteiger charge is 2.19. The van der Waals surface area contributed by atoms with E-state index in [4.69, 9.17) is 16.7 Å². The molecular weight excluding hydrogens is 382 g/mol. The molecule has 2 rings (SSSR count). The van der Waals surface area contributed by atoms with Crippen molar-refractivity contribution in [2.24, 2.45) is 0 Å². The first kappa shape index (κ1) is 15.8. The maximum absolute atomic E-state index is 12.3. The van der Waals surface area contributed by atoms with Crippen molar-refractivity contribution in [3.63, 3.8) is 0 Å². The molecule has 0 atom stereocenters. The van der Waals surface area contributed by atoms with Gasteiger partial charge in [-0.1, -0.05) is 23.7 Å². The average molecular weight is 391 g/mol. The van der Waals surface area contributed by atoms with Crippen molar-refractivity contribution in [3.05, 3.63) is 57.5 Å². The Morgan fingerprint density at radius 3 is 2.48 bits per heavy atom. The fraction of sp³-hybridized carbons (Fsp3) is 0. The van der Waals surface area contributed by atoms with Crippen LogP contribution in [0.1, 0.15) is 10.4 Å². The van der Waals surface area contributed by atoms with E-state index in [-0.39, 0.29) is 15.5 Å². The van der Waals surface area contributed by atoms with Crippen molar-refractivity contribution in [2.75, 3.05) is 4.72 Å². The number of carboxylic acids is 1. The Balaban J connectivity index is 2.43. The lowest BCUT2D eigenvalue weighted by Gasteiger charge is -2.10. The third kappa shape index (κ3) is 3.55. The molecule has 0 radical (unpaired) electrons. The molecule has 5 nitrogen and oxygen atoms in total. The lowest BCUT2D eigenvalue weighted by Crippen LogP contribution is -2.14. The molecule has 2 aromatic rings. The van der Waals surface area contributed by atoms with Gasteiger partial charge >= 0.3 is 5.97 Å². The highest BCUT2D eigenvalue weighted by atomic mass is 79.9. The lowest BCUT2D eigenvalue weighted by molar-refractivity contribution is 0.0697. The summed E-state index contributed by atoms with van der Waals surface area (Å²) in [6.45, 7) is 0. The van der Waals surface area contributed by atoms with E-state index in [9.17, 15) is 13.2 Å². The van der Waals surface area contributed by atoms with Gasteiger partial charge in [-0.3, -0.25) is 4.72 Å². The van der Waals surface area contributed by atoms with Gasteiger partial charge in [0.15, 0.2) is 0 Å². The van der Waals surface area contributed by atoms with Gasteiger partial charge < -0.3 is 5.11 Å². The van der Waals surface area contributed by atoms with E-state index in [0.717, 1.165) is 6.07 Å². The van der Waals surface area contributed by atoms with E-state index >= 15 is 0 Å². The van der Waals surface area contributed by atoms with Crippen LogP contribution in [-0.4, -0.2) is 19.5 Å². The van der Waals surface area contributed by atoms with Crippen LogP contribution in [-0.2, 0) is 10.0 Å². The van der Waals surface area contributed by atoms with Crippen LogP contribution >= 0.6 is 27.5 Å². The number of anilines is 1. The van der Waals surface area contributed by atoms with Crippen LogP contribution in [0.25, 0.3) is 0 Å². The molecule has 0 fully saturated rings. The molecule has 0 spiro atoms. The van der Waals surface area contributed by atoms with Crippen LogP contribution in [0, 0.1) is 0 Å². The van der Waals surface area contributed by atoms with Gasteiger partial charge in [0.05, 0.1) is 21.2 Å². The number of benzene rings is 2. The van der Waals surface area contributed by atoms with E-state index in [0.29, 0.717) is 10.2 Å². The Hall–Kier alpha value is -1.57. The normalized spacial score (nSPS) is 11.1. The minimum Gasteiger partial charge on any atom is -0.478 e. The third-order valence-electron chi connectivity index (χ3n) is 2.60. The van der Waals surface area contributed by atoms with Crippen molar-refractivity contribution >= 4 is 49.2 Å². The first-order chi connectivity index (χ1) is 9.81. The standard InChI is InChI=1S/C13H9BrClNO4S/c14-10-3-1-2-4-12(10)16-21(19,20)8-5-6-11(15)9(7-8)13(17)18/h1-7,16H,(H,17,18). The largest absolute Gasteiger partial charge is 0.478 e. The number of hydrogen-bond acceptors (Lipinski definition) is 3. The minimum absolute atomic E-state index is 0.0256. The van der Waals surface area contributed by atoms with Gasteiger partial charge in [-0.05, 0) is 46.3 Å². The zero-order chi connectivity index (χ0) is 15.6. The van der Waals surface area contributed by atoms with E-state index in [1.807, 2.05) is 0 Å². The number of sulfonamides is 1. The number of halogens is 2. The van der Waals surface area contributed by atoms with Crippen LogP contribution in [0.15, 0.2) is 51.8 Å². The molecule has 0 saturated heterocycles. The Morgan fingerprint density at radius 1 is 1.19 bits per heavy atom. The van der Waals surface area contributed by atoms with E-state index < -0.39 is 16.0 Å². The molecule has 0 aliphatic carbocycles. The summed E-state index contributed by atoms with van der Waals surface area (Å²) in [4.78, 5) is 10.8. The molecule has 21 heavy (non-hydrogen) atoms. The molecular formula is C13H9BrClNO4S. The van der Waals surface area contributed by atoms with Gasteiger partial charge in [0, 0.05) is 4.47 Å². The highest BCUT2D eigenvalue weighted by molar-refractivity contribution is 9.10. The zero-order valence-corrected chi connectivity index (χ0v) is 13.5. The SMILES string of the molecule is O=C(O)c1cc(S(=O)(=O)Nc2ccccc2Br)ccc1Cl. The highest BCUT2D eigenvalue weighted by Crippen LogP contribution is 2.26. The maximum Gasteiger partial charge on any atom is 0.337 e. The number of hydrogen-bond donors (Lipinski definition) is 2. The molecule has 0 heterocycles. The number of carboxylic acid groups (broad SMARTS) is 1. The van der Waals surface area contributed by atoms with Crippen LogP contribution in [0.4, 0.5) is 5.69 Å². The number of para-hydroxylation sites is 1. The summed E-state index contributed by atoms with van der Waals surface area (Å²) in [6, 6.07) is 10.2. The quantitative estimate of drug-likeness (QED) is 0.835.